The van der Waals surface area contributed by atoms with Crippen molar-refractivity contribution in [2.75, 3.05) is 0 Å². The first-order chi connectivity index (χ1) is 9.74. The van der Waals surface area contributed by atoms with Crippen LogP contribution in [0.5, 0.6) is 0 Å². The summed E-state index contributed by atoms with van der Waals surface area (Å²) in [4.78, 5) is 23.1. The lowest BCUT2D eigenvalue weighted by atomic mass is 9.85. The second-order valence-electron chi connectivity index (χ2n) is 6.12. The molecule has 4 nitrogen and oxygen atoms in total. The van der Waals surface area contributed by atoms with Crippen LogP contribution in [-0.4, -0.2) is 22.5 Å². The van der Waals surface area contributed by atoms with Crippen LogP contribution in [0.1, 0.15) is 44.7 Å². The number of nitrogens with one attached hydrogen (secondary N) is 1. The van der Waals surface area contributed by atoms with Crippen LogP contribution in [0.3, 0.4) is 0 Å². The van der Waals surface area contributed by atoms with Gasteiger partial charge in [-0.3, -0.25) is 9.59 Å². The first kappa shape index (κ1) is 17.2. The van der Waals surface area contributed by atoms with Gasteiger partial charge in [0.05, 0.1) is 6.42 Å². The highest BCUT2D eigenvalue weighted by atomic mass is 16.4. The van der Waals surface area contributed by atoms with Crippen LogP contribution in [0.2, 0.25) is 0 Å². The summed E-state index contributed by atoms with van der Waals surface area (Å²) in [6, 6.07) is 7.97. The molecule has 1 amide bonds. The summed E-state index contributed by atoms with van der Waals surface area (Å²) in [6.45, 7) is 7.66. The molecule has 0 aliphatic heterocycles. The lowest BCUT2D eigenvalue weighted by Gasteiger charge is -2.33. The van der Waals surface area contributed by atoms with Gasteiger partial charge >= 0.3 is 5.97 Å². The molecule has 1 atom stereocenters. The summed E-state index contributed by atoms with van der Waals surface area (Å²) in [5.41, 5.74) is 1.61. The minimum absolute atomic E-state index is 0.0519. The quantitative estimate of drug-likeness (QED) is 0.811. The van der Waals surface area contributed by atoms with E-state index >= 15 is 0 Å². The van der Waals surface area contributed by atoms with Gasteiger partial charge in [0.2, 0.25) is 5.91 Å². The van der Waals surface area contributed by atoms with Gasteiger partial charge in [-0.2, -0.15) is 0 Å². The third-order valence-corrected chi connectivity index (χ3v) is 4.10. The van der Waals surface area contributed by atoms with Gasteiger partial charge < -0.3 is 10.4 Å². The Hall–Kier alpha value is -1.84. The summed E-state index contributed by atoms with van der Waals surface area (Å²) in [7, 11) is 0. The number of carboxylic acids is 1. The van der Waals surface area contributed by atoms with Crippen LogP contribution in [0.4, 0.5) is 0 Å². The fraction of sp³-hybridized carbons (Fsp3) is 0.529. The highest BCUT2D eigenvalue weighted by molar-refractivity contribution is 5.78. The van der Waals surface area contributed by atoms with Gasteiger partial charge in [0, 0.05) is 12.0 Å². The molecule has 2 N–H and O–H groups in total. The van der Waals surface area contributed by atoms with Crippen molar-refractivity contribution in [3.05, 3.63) is 35.4 Å². The Kier molecular flexibility index (Phi) is 5.94. The fourth-order valence-corrected chi connectivity index (χ4v) is 2.23. The highest BCUT2D eigenvalue weighted by Gasteiger charge is 2.32. The summed E-state index contributed by atoms with van der Waals surface area (Å²) >= 11 is 0. The van der Waals surface area contributed by atoms with E-state index in [2.05, 4.69) is 5.32 Å². The molecule has 4 heteroatoms. The number of amides is 1. The van der Waals surface area contributed by atoms with Crippen LogP contribution in [-0.2, 0) is 16.0 Å². The zero-order chi connectivity index (χ0) is 16.0. The highest BCUT2D eigenvalue weighted by Crippen LogP contribution is 2.21. The largest absolute Gasteiger partial charge is 0.481 e. The molecule has 0 aliphatic rings. The van der Waals surface area contributed by atoms with E-state index in [4.69, 9.17) is 5.11 Å². The monoisotopic (exact) mass is 291 g/mol. The first-order valence-corrected chi connectivity index (χ1v) is 7.32. The SMILES string of the molecule is Cc1ccccc1CCC(=O)NC(C)(CC(=O)O)C(C)C. The van der Waals surface area contributed by atoms with E-state index in [1.54, 1.807) is 6.92 Å². The van der Waals surface area contributed by atoms with Gasteiger partial charge in [-0.05, 0) is 37.3 Å². The maximum atomic E-state index is 12.1. The molecular weight excluding hydrogens is 266 g/mol. The predicted molar refractivity (Wildman–Crippen MR) is 83.1 cm³/mol. The van der Waals surface area contributed by atoms with E-state index in [-0.39, 0.29) is 18.2 Å². The normalized spacial score (nSPS) is 13.8. The summed E-state index contributed by atoms with van der Waals surface area (Å²) in [5.74, 6) is -0.947. The fourth-order valence-electron chi connectivity index (χ4n) is 2.23. The zero-order valence-electron chi connectivity index (χ0n) is 13.3. The average Bonchev–Trinajstić information content (AvgIpc) is 2.36. The number of rotatable bonds is 7. The third kappa shape index (κ3) is 5.21. The van der Waals surface area contributed by atoms with Crippen molar-refractivity contribution in [2.24, 2.45) is 5.92 Å². The summed E-state index contributed by atoms with van der Waals surface area (Å²) < 4.78 is 0. The van der Waals surface area contributed by atoms with Crippen molar-refractivity contribution in [3.8, 4) is 0 Å². The molecule has 0 fully saturated rings. The number of hydrogen-bond acceptors (Lipinski definition) is 2. The van der Waals surface area contributed by atoms with E-state index in [0.717, 1.165) is 5.56 Å². The molecule has 0 bridgehead atoms. The van der Waals surface area contributed by atoms with Crippen molar-refractivity contribution in [1.29, 1.82) is 0 Å². The molecule has 1 unspecified atom stereocenters. The Balaban J connectivity index is 2.63. The second kappa shape index (κ2) is 7.25. The van der Waals surface area contributed by atoms with E-state index in [0.29, 0.717) is 12.8 Å². The number of benzene rings is 1. The van der Waals surface area contributed by atoms with E-state index < -0.39 is 11.5 Å². The van der Waals surface area contributed by atoms with Crippen molar-refractivity contribution in [3.63, 3.8) is 0 Å². The van der Waals surface area contributed by atoms with Crippen LogP contribution in [0.25, 0.3) is 0 Å². The summed E-state index contributed by atoms with van der Waals surface area (Å²) in [6.07, 6.45) is 0.966. The first-order valence-electron chi connectivity index (χ1n) is 7.32. The van der Waals surface area contributed by atoms with Gasteiger partial charge in [0.25, 0.3) is 0 Å². The average molecular weight is 291 g/mol. The van der Waals surface area contributed by atoms with Gasteiger partial charge in [-0.25, -0.2) is 0 Å². The number of aryl methyl sites for hydroxylation is 2. The molecule has 1 rings (SSSR count). The molecule has 0 aliphatic carbocycles. The van der Waals surface area contributed by atoms with Crippen LogP contribution < -0.4 is 5.32 Å². The molecule has 21 heavy (non-hydrogen) atoms. The van der Waals surface area contributed by atoms with Crippen molar-refractivity contribution in [1.82, 2.24) is 5.32 Å². The number of hydrogen-bond donors (Lipinski definition) is 2. The number of carboxylic acid groups (broad SMARTS) is 1. The van der Waals surface area contributed by atoms with Gasteiger partial charge in [0.15, 0.2) is 0 Å². The molecule has 1 aromatic carbocycles. The second-order valence-corrected chi connectivity index (χ2v) is 6.12. The maximum absolute atomic E-state index is 12.1. The predicted octanol–water partition coefficient (Wildman–Crippen LogP) is 2.93. The van der Waals surface area contributed by atoms with Gasteiger partial charge in [-0.1, -0.05) is 38.1 Å². The third-order valence-electron chi connectivity index (χ3n) is 4.10. The molecule has 0 radical (unpaired) electrons. The molecular formula is C17H25NO3. The van der Waals surface area contributed by atoms with Gasteiger partial charge in [-0.15, -0.1) is 0 Å². The number of carbonyl (C=O) groups excluding carboxylic acids is 1. The lowest BCUT2D eigenvalue weighted by Crippen LogP contribution is -2.51. The van der Waals surface area contributed by atoms with E-state index in [9.17, 15) is 9.59 Å². The van der Waals surface area contributed by atoms with Crippen molar-refractivity contribution < 1.29 is 14.7 Å². The topological polar surface area (TPSA) is 66.4 Å². The van der Waals surface area contributed by atoms with Crippen molar-refractivity contribution >= 4 is 11.9 Å². The minimum atomic E-state index is -0.898. The number of aliphatic carboxylic acids is 1. The zero-order valence-corrected chi connectivity index (χ0v) is 13.3. The molecule has 1 aromatic rings. The maximum Gasteiger partial charge on any atom is 0.305 e. The van der Waals surface area contributed by atoms with Crippen LogP contribution in [0, 0.1) is 12.8 Å². The smallest absolute Gasteiger partial charge is 0.305 e. The standard InChI is InChI=1S/C17H25NO3/c1-12(2)17(4,11-16(20)21)18-15(19)10-9-14-8-6-5-7-13(14)3/h5-8,12H,9-11H2,1-4H3,(H,18,19)(H,20,21). The van der Waals surface area contributed by atoms with Crippen LogP contribution in [0.15, 0.2) is 24.3 Å². The Morgan fingerprint density at radius 2 is 1.90 bits per heavy atom. The molecule has 0 aromatic heterocycles. The molecule has 0 saturated carbocycles. The van der Waals surface area contributed by atoms with E-state index in [1.807, 2.05) is 45.0 Å². The Morgan fingerprint density at radius 3 is 2.43 bits per heavy atom. The Morgan fingerprint density at radius 1 is 1.29 bits per heavy atom. The molecule has 0 spiro atoms. The Bertz CT molecular complexity index is 511. The molecule has 116 valence electrons. The van der Waals surface area contributed by atoms with Crippen molar-refractivity contribution in [2.45, 2.75) is 52.5 Å². The Labute approximate surface area is 126 Å². The lowest BCUT2D eigenvalue weighted by molar-refractivity contribution is -0.139. The molecule has 0 heterocycles. The van der Waals surface area contributed by atoms with Gasteiger partial charge in [0.1, 0.15) is 0 Å². The summed E-state index contributed by atoms with van der Waals surface area (Å²) in [5, 5.41) is 11.9. The van der Waals surface area contributed by atoms with E-state index in [1.165, 1.54) is 5.56 Å². The molecule has 0 saturated heterocycles. The minimum Gasteiger partial charge on any atom is -0.481 e. The van der Waals surface area contributed by atoms with Crippen LogP contribution >= 0.6 is 0 Å². The number of carbonyl (C=O) groups is 2.